The van der Waals surface area contributed by atoms with Crippen LogP contribution in [0.5, 0.6) is 0 Å². The third kappa shape index (κ3) is 2.16. The molecule has 0 heterocycles. The molecule has 0 aromatic heterocycles. The lowest BCUT2D eigenvalue weighted by Gasteiger charge is -2.06. The second kappa shape index (κ2) is 4.20. The molecule has 1 unspecified atom stereocenters. The van der Waals surface area contributed by atoms with Crippen molar-refractivity contribution in [3.05, 3.63) is 33.8 Å². The Morgan fingerprint density at radius 2 is 2.31 bits per heavy atom. The standard InChI is InChI=1S/C10H8BrNO/c1-7(6-13)10-3-2-9(11)4-8(10)5-12/h2-4,6-7H,1H3. The minimum atomic E-state index is -0.220. The zero-order valence-corrected chi connectivity index (χ0v) is 8.71. The van der Waals surface area contributed by atoms with Crippen LogP contribution >= 0.6 is 15.9 Å². The predicted molar refractivity (Wildman–Crippen MR) is 53.3 cm³/mol. The van der Waals surface area contributed by atoms with Gasteiger partial charge in [-0.25, -0.2) is 0 Å². The van der Waals surface area contributed by atoms with Gasteiger partial charge < -0.3 is 4.79 Å². The molecular weight excluding hydrogens is 230 g/mol. The average molecular weight is 238 g/mol. The topological polar surface area (TPSA) is 40.9 Å². The summed E-state index contributed by atoms with van der Waals surface area (Å²) >= 11 is 3.27. The number of nitrogens with zero attached hydrogens (tertiary/aromatic N) is 1. The summed E-state index contributed by atoms with van der Waals surface area (Å²) < 4.78 is 0.853. The molecule has 66 valence electrons. The molecule has 1 atom stereocenters. The molecule has 0 spiro atoms. The van der Waals surface area contributed by atoms with Crippen molar-refractivity contribution >= 4 is 22.2 Å². The Bertz CT molecular complexity index is 368. The molecule has 0 fully saturated rings. The van der Waals surface area contributed by atoms with Gasteiger partial charge in [-0.05, 0) is 17.7 Å². The summed E-state index contributed by atoms with van der Waals surface area (Å²) in [7, 11) is 0. The maximum absolute atomic E-state index is 10.5. The lowest BCUT2D eigenvalue weighted by molar-refractivity contribution is -0.108. The van der Waals surface area contributed by atoms with Crippen LogP contribution in [0.1, 0.15) is 24.0 Å². The van der Waals surface area contributed by atoms with E-state index in [0.717, 1.165) is 16.3 Å². The van der Waals surface area contributed by atoms with Crippen molar-refractivity contribution in [2.45, 2.75) is 12.8 Å². The van der Waals surface area contributed by atoms with Gasteiger partial charge >= 0.3 is 0 Å². The number of aldehydes is 1. The maximum Gasteiger partial charge on any atom is 0.127 e. The first-order valence-corrected chi connectivity index (χ1v) is 4.63. The van der Waals surface area contributed by atoms with Crippen LogP contribution in [0.2, 0.25) is 0 Å². The fourth-order valence-corrected chi connectivity index (χ4v) is 1.46. The number of halogens is 1. The Labute approximate surface area is 85.3 Å². The molecule has 0 aliphatic heterocycles. The molecular formula is C10H8BrNO. The highest BCUT2D eigenvalue weighted by molar-refractivity contribution is 9.10. The first-order valence-electron chi connectivity index (χ1n) is 3.84. The highest BCUT2D eigenvalue weighted by atomic mass is 79.9. The SMILES string of the molecule is CC(C=O)c1ccc(Br)cc1C#N. The summed E-state index contributed by atoms with van der Waals surface area (Å²) in [5.41, 5.74) is 1.33. The van der Waals surface area contributed by atoms with Gasteiger partial charge in [-0.2, -0.15) is 5.26 Å². The molecule has 3 heteroatoms. The van der Waals surface area contributed by atoms with E-state index >= 15 is 0 Å². The van der Waals surface area contributed by atoms with Gasteiger partial charge in [0.15, 0.2) is 0 Å². The highest BCUT2D eigenvalue weighted by Gasteiger charge is 2.09. The molecule has 1 aromatic carbocycles. The van der Waals surface area contributed by atoms with Crippen LogP contribution < -0.4 is 0 Å². The van der Waals surface area contributed by atoms with Crippen molar-refractivity contribution in [2.75, 3.05) is 0 Å². The normalized spacial score (nSPS) is 11.8. The number of nitriles is 1. The summed E-state index contributed by atoms with van der Waals surface area (Å²) in [6.45, 7) is 1.77. The van der Waals surface area contributed by atoms with E-state index in [1.807, 2.05) is 6.07 Å². The number of benzene rings is 1. The Balaban J connectivity index is 3.22. The van der Waals surface area contributed by atoms with E-state index in [-0.39, 0.29) is 5.92 Å². The summed E-state index contributed by atoms with van der Waals surface area (Å²) in [5.74, 6) is -0.220. The Kier molecular flexibility index (Phi) is 3.21. The van der Waals surface area contributed by atoms with E-state index in [0.29, 0.717) is 5.56 Å². The molecule has 0 bridgehead atoms. The van der Waals surface area contributed by atoms with Crippen LogP contribution in [0, 0.1) is 11.3 Å². The summed E-state index contributed by atoms with van der Waals surface area (Å²) in [6.07, 6.45) is 0.837. The first-order chi connectivity index (χ1) is 6.19. The van der Waals surface area contributed by atoms with Crippen molar-refractivity contribution in [1.29, 1.82) is 5.26 Å². The fraction of sp³-hybridized carbons (Fsp3) is 0.200. The van der Waals surface area contributed by atoms with E-state index in [4.69, 9.17) is 5.26 Å². The third-order valence-corrected chi connectivity index (χ3v) is 2.32. The molecule has 0 amide bonds. The predicted octanol–water partition coefficient (Wildman–Crippen LogP) is 2.62. The van der Waals surface area contributed by atoms with Crippen molar-refractivity contribution in [1.82, 2.24) is 0 Å². The van der Waals surface area contributed by atoms with Gasteiger partial charge in [0.05, 0.1) is 11.6 Å². The number of hydrogen-bond donors (Lipinski definition) is 0. The van der Waals surface area contributed by atoms with Crippen LogP contribution in [0.4, 0.5) is 0 Å². The molecule has 13 heavy (non-hydrogen) atoms. The van der Waals surface area contributed by atoms with Gasteiger partial charge in [0.2, 0.25) is 0 Å². The van der Waals surface area contributed by atoms with Crippen LogP contribution in [-0.4, -0.2) is 6.29 Å². The minimum absolute atomic E-state index is 0.220. The zero-order valence-electron chi connectivity index (χ0n) is 7.12. The molecule has 0 N–H and O–H groups in total. The lowest BCUT2D eigenvalue weighted by Crippen LogP contribution is -1.97. The molecule has 1 rings (SSSR count). The maximum atomic E-state index is 10.5. The van der Waals surface area contributed by atoms with Gasteiger partial charge in [-0.1, -0.05) is 28.9 Å². The molecule has 0 saturated heterocycles. The van der Waals surface area contributed by atoms with Crippen molar-refractivity contribution in [2.24, 2.45) is 0 Å². The van der Waals surface area contributed by atoms with E-state index < -0.39 is 0 Å². The van der Waals surface area contributed by atoms with Gasteiger partial charge in [-0.3, -0.25) is 0 Å². The monoisotopic (exact) mass is 237 g/mol. The van der Waals surface area contributed by atoms with Crippen LogP contribution in [0.25, 0.3) is 0 Å². The van der Waals surface area contributed by atoms with Gasteiger partial charge in [-0.15, -0.1) is 0 Å². The molecule has 2 nitrogen and oxygen atoms in total. The van der Waals surface area contributed by atoms with Crippen molar-refractivity contribution < 1.29 is 4.79 Å². The Morgan fingerprint density at radius 1 is 1.62 bits per heavy atom. The van der Waals surface area contributed by atoms with Gasteiger partial charge in [0, 0.05) is 10.4 Å². The second-order valence-electron chi connectivity index (χ2n) is 2.77. The van der Waals surface area contributed by atoms with Crippen molar-refractivity contribution in [3.8, 4) is 6.07 Å². The largest absolute Gasteiger partial charge is 0.303 e. The highest BCUT2D eigenvalue weighted by Crippen LogP contribution is 2.21. The van der Waals surface area contributed by atoms with E-state index in [2.05, 4.69) is 22.0 Å². The average Bonchev–Trinajstić information content (AvgIpc) is 2.16. The van der Waals surface area contributed by atoms with Crippen LogP contribution in [-0.2, 0) is 4.79 Å². The van der Waals surface area contributed by atoms with E-state index in [9.17, 15) is 4.79 Å². The van der Waals surface area contributed by atoms with Crippen LogP contribution in [0.15, 0.2) is 22.7 Å². The number of carbonyl (C=O) groups is 1. The molecule has 0 saturated carbocycles. The van der Waals surface area contributed by atoms with E-state index in [1.165, 1.54) is 0 Å². The first kappa shape index (κ1) is 9.94. The smallest absolute Gasteiger partial charge is 0.127 e. The van der Waals surface area contributed by atoms with Crippen LogP contribution in [0.3, 0.4) is 0 Å². The summed E-state index contributed by atoms with van der Waals surface area (Å²) in [6, 6.07) is 7.40. The number of rotatable bonds is 2. The summed E-state index contributed by atoms with van der Waals surface area (Å²) in [4.78, 5) is 10.5. The number of carbonyl (C=O) groups excluding carboxylic acids is 1. The second-order valence-corrected chi connectivity index (χ2v) is 3.68. The Hall–Kier alpha value is -1.14. The van der Waals surface area contributed by atoms with Crippen molar-refractivity contribution in [3.63, 3.8) is 0 Å². The number of hydrogen-bond acceptors (Lipinski definition) is 2. The minimum Gasteiger partial charge on any atom is -0.303 e. The molecule has 0 aliphatic rings. The van der Waals surface area contributed by atoms with Gasteiger partial charge in [0.1, 0.15) is 6.29 Å². The Morgan fingerprint density at radius 3 is 2.85 bits per heavy atom. The molecule has 0 aliphatic carbocycles. The summed E-state index contributed by atoms with van der Waals surface area (Å²) in [5, 5.41) is 8.80. The molecule has 1 aromatic rings. The fourth-order valence-electron chi connectivity index (χ4n) is 1.10. The zero-order chi connectivity index (χ0) is 9.84. The van der Waals surface area contributed by atoms with E-state index in [1.54, 1.807) is 19.1 Å². The lowest BCUT2D eigenvalue weighted by atomic mass is 9.98. The quantitative estimate of drug-likeness (QED) is 0.743. The van der Waals surface area contributed by atoms with Gasteiger partial charge in [0.25, 0.3) is 0 Å². The molecule has 0 radical (unpaired) electrons. The third-order valence-electron chi connectivity index (χ3n) is 1.83.